The molecule has 2 N–H and O–H groups in total. The molecule has 7 heteroatoms. The van der Waals surface area contributed by atoms with Crippen molar-refractivity contribution in [2.45, 2.75) is 18.9 Å². The fourth-order valence-electron chi connectivity index (χ4n) is 2.34. The van der Waals surface area contributed by atoms with E-state index in [1.807, 2.05) is 12.1 Å². The number of rotatable bonds is 11. The van der Waals surface area contributed by atoms with Gasteiger partial charge in [-0.05, 0) is 42.0 Å². The summed E-state index contributed by atoms with van der Waals surface area (Å²) in [5.41, 5.74) is 1.07. The zero-order chi connectivity index (χ0) is 19.6. The Balaban J connectivity index is 1.69. The number of carbonyl (C=O) groups is 2. The van der Waals surface area contributed by atoms with Crippen LogP contribution in [0.4, 0.5) is 0 Å². The summed E-state index contributed by atoms with van der Waals surface area (Å²) in [6.45, 7) is 0.904. The smallest absolute Gasteiger partial charge is 0.335 e. The molecule has 0 radical (unpaired) electrons. The van der Waals surface area contributed by atoms with Crippen molar-refractivity contribution in [2.75, 3.05) is 20.3 Å². The second-order valence-corrected chi connectivity index (χ2v) is 5.79. The Morgan fingerprint density at radius 3 is 1.85 bits per heavy atom. The van der Waals surface area contributed by atoms with Crippen LogP contribution in [0.2, 0.25) is 0 Å². The highest BCUT2D eigenvalue weighted by Crippen LogP contribution is 2.15. The molecule has 0 bridgehead atoms. The summed E-state index contributed by atoms with van der Waals surface area (Å²) >= 11 is 0. The van der Waals surface area contributed by atoms with E-state index in [-0.39, 0.29) is 5.56 Å². The van der Waals surface area contributed by atoms with Crippen LogP contribution < -0.4 is 9.47 Å². The van der Waals surface area contributed by atoms with Gasteiger partial charge in [-0.15, -0.1) is 0 Å². The maximum atomic E-state index is 11.0. The third-order valence-corrected chi connectivity index (χ3v) is 3.83. The maximum Gasteiger partial charge on any atom is 0.335 e. The fraction of sp³-hybridized carbons (Fsp3) is 0.300. The SMILES string of the molecule is COC(Cc1ccc(OCCCOc2ccc(C(=O)O)cc2)cc1)C(=O)O. The molecule has 1 atom stereocenters. The van der Waals surface area contributed by atoms with Gasteiger partial charge in [0.1, 0.15) is 11.5 Å². The van der Waals surface area contributed by atoms with Crippen molar-refractivity contribution in [3.8, 4) is 11.5 Å². The molecular weight excluding hydrogens is 352 g/mol. The first-order valence-corrected chi connectivity index (χ1v) is 8.43. The summed E-state index contributed by atoms with van der Waals surface area (Å²) in [7, 11) is 1.37. The Kier molecular flexibility index (Phi) is 7.63. The molecule has 0 saturated carbocycles. The lowest BCUT2D eigenvalue weighted by atomic mass is 10.1. The molecular formula is C20H22O7. The van der Waals surface area contributed by atoms with Crippen molar-refractivity contribution in [1.82, 2.24) is 0 Å². The van der Waals surface area contributed by atoms with Gasteiger partial charge in [-0.1, -0.05) is 12.1 Å². The Morgan fingerprint density at radius 1 is 0.889 bits per heavy atom. The van der Waals surface area contributed by atoms with E-state index < -0.39 is 18.0 Å². The summed E-state index contributed by atoms with van der Waals surface area (Å²) in [5, 5.41) is 17.8. The number of aromatic carboxylic acids is 1. The van der Waals surface area contributed by atoms with Gasteiger partial charge in [0.15, 0.2) is 6.10 Å². The van der Waals surface area contributed by atoms with Gasteiger partial charge in [-0.25, -0.2) is 9.59 Å². The molecule has 144 valence electrons. The molecule has 1 unspecified atom stereocenters. The van der Waals surface area contributed by atoms with E-state index in [2.05, 4.69) is 0 Å². The number of hydrogen-bond donors (Lipinski definition) is 2. The number of aliphatic carboxylic acids is 1. The van der Waals surface area contributed by atoms with Crippen molar-refractivity contribution < 1.29 is 34.0 Å². The van der Waals surface area contributed by atoms with Crippen LogP contribution in [0.25, 0.3) is 0 Å². The van der Waals surface area contributed by atoms with E-state index in [4.69, 9.17) is 24.4 Å². The molecule has 0 aliphatic carbocycles. The molecule has 0 aromatic heterocycles. The van der Waals surface area contributed by atoms with Crippen molar-refractivity contribution in [2.24, 2.45) is 0 Å². The molecule has 27 heavy (non-hydrogen) atoms. The van der Waals surface area contributed by atoms with Crippen LogP contribution in [0, 0.1) is 0 Å². The number of benzene rings is 2. The molecule has 7 nitrogen and oxygen atoms in total. The number of hydrogen-bond acceptors (Lipinski definition) is 5. The number of methoxy groups -OCH3 is 1. The van der Waals surface area contributed by atoms with E-state index in [1.54, 1.807) is 24.3 Å². The van der Waals surface area contributed by atoms with Crippen LogP contribution in [0.3, 0.4) is 0 Å². The lowest BCUT2D eigenvalue weighted by Gasteiger charge is -2.11. The maximum absolute atomic E-state index is 11.0. The van der Waals surface area contributed by atoms with Crippen LogP contribution in [-0.2, 0) is 16.0 Å². The Bertz CT molecular complexity index is 738. The van der Waals surface area contributed by atoms with Gasteiger partial charge in [-0.3, -0.25) is 0 Å². The van der Waals surface area contributed by atoms with Crippen molar-refractivity contribution >= 4 is 11.9 Å². The lowest BCUT2D eigenvalue weighted by molar-refractivity contribution is -0.148. The summed E-state index contributed by atoms with van der Waals surface area (Å²) in [5.74, 6) is -0.665. The minimum Gasteiger partial charge on any atom is -0.493 e. The standard InChI is InChI=1S/C20H22O7/c1-25-18(20(23)24)13-14-3-7-16(8-4-14)26-11-2-12-27-17-9-5-15(6-10-17)19(21)22/h3-10,18H,2,11-13H2,1H3,(H,21,22)(H,23,24). The number of ether oxygens (including phenoxy) is 3. The van der Waals surface area contributed by atoms with Gasteiger partial charge in [0, 0.05) is 20.0 Å². The van der Waals surface area contributed by atoms with Crippen LogP contribution in [0.1, 0.15) is 22.3 Å². The average molecular weight is 374 g/mol. The molecule has 0 aliphatic heterocycles. The van der Waals surface area contributed by atoms with Gasteiger partial charge in [0.2, 0.25) is 0 Å². The minimum atomic E-state index is -0.990. The summed E-state index contributed by atoms with van der Waals surface area (Å²) in [6.07, 6.45) is 0.0897. The third kappa shape index (κ3) is 6.63. The second kappa shape index (κ2) is 10.2. The molecule has 0 fully saturated rings. The summed E-state index contributed by atoms with van der Waals surface area (Å²) in [4.78, 5) is 21.7. The van der Waals surface area contributed by atoms with Gasteiger partial charge < -0.3 is 24.4 Å². The molecule has 2 aromatic rings. The molecule has 2 aromatic carbocycles. The largest absolute Gasteiger partial charge is 0.493 e. The first kappa shape index (κ1) is 20.3. The third-order valence-electron chi connectivity index (χ3n) is 3.83. The first-order chi connectivity index (χ1) is 13.0. The predicted molar refractivity (Wildman–Crippen MR) is 97.6 cm³/mol. The van der Waals surface area contributed by atoms with Gasteiger partial charge >= 0.3 is 11.9 Å². The average Bonchev–Trinajstić information content (AvgIpc) is 2.67. The molecule has 0 heterocycles. The van der Waals surface area contributed by atoms with Crippen LogP contribution in [-0.4, -0.2) is 48.6 Å². The van der Waals surface area contributed by atoms with Crippen LogP contribution in [0.5, 0.6) is 11.5 Å². The van der Waals surface area contributed by atoms with E-state index in [9.17, 15) is 9.59 Å². The zero-order valence-corrected chi connectivity index (χ0v) is 15.0. The molecule has 0 amide bonds. The van der Waals surface area contributed by atoms with Crippen LogP contribution >= 0.6 is 0 Å². The summed E-state index contributed by atoms with van der Waals surface area (Å²) < 4.78 is 16.1. The second-order valence-electron chi connectivity index (χ2n) is 5.79. The van der Waals surface area contributed by atoms with Crippen molar-refractivity contribution in [3.05, 3.63) is 59.7 Å². The number of carboxylic acids is 2. The highest BCUT2D eigenvalue weighted by molar-refractivity contribution is 5.87. The van der Waals surface area contributed by atoms with Crippen LogP contribution in [0.15, 0.2) is 48.5 Å². The van der Waals surface area contributed by atoms with Crippen molar-refractivity contribution in [3.63, 3.8) is 0 Å². The molecule has 0 saturated heterocycles. The van der Waals surface area contributed by atoms with Crippen molar-refractivity contribution in [1.29, 1.82) is 0 Å². The Labute approximate surface area is 157 Å². The normalized spacial score (nSPS) is 11.6. The Hall–Kier alpha value is -3.06. The van der Waals surface area contributed by atoms with E-state index in [1.165, 1.54) is 19.2 Å². The predicted octanol–water partition coefficient (Wildman–Crippen LogP) is 2.87. The fourth-order valence-corrected chi connectivity index (χ4v) is 2.34. The monoisotopic (exact) mass is 374 g/mol. The minimum absolute atomic E-state index is 0.217. The molecule has 2 rings (SSSR count). The van der Waals surface area contributed by atoms with E-state index >= 15 is 0 Å². The topological polar surface area (TPSA) is 102 Å². The lowest BCUT2D eigenvalue weighted by Crippen LogP contribution is -2.24. The number of carboxylic acid groups (broad SMARTS) is 2. The quantitative estimate of drug-likeness (QED) is 0.583. The van der Waals surface area contributed by atoms with E-state index in [0.717, 1.165) is 5.56 Å². The highest BCUT2D eigenvalue weighted by atomic mass is 16.5. The molecule has 0 aliphatic rings. The van der Waals surface area contributed by atoms with Gasteiger partial charge in [0.05, 0.1) is 18.8 Å². The summed E-state index contributed by atoms with van der Waals surface area (Å²) in [6, 6.07) is 13.4. The first-order valence-electron chi connectivity index (χ1n) is 8.43. The zero-order valence-electron chi connectivity index (χ0n) is 15.0. The van der Waals surface area contributed by atoms with E-state index in [0.29, 0.717) is 37.6 Å². The van der Waals surface area contributed by atoms with Gasteiger partial charge in [0.25, 0.3) is 0 Å². The molecule has 0 spiro atoms. The van der Waals surface area contributed by atoms with Gasteiger partial charge in [-0.2, -0.15) is 0 Å². The Morgan fingerprint density at radius 2 is 1.41 bits per heavy atom. The highest BCUT2D eigenvalue weighted by Gasteiger charge is 2.16.